The van der Waals surface area contributed by atoms with Crippen molar-refractivity contribution in [1.29, 1.82) is 0 Å². The normalized spacial score (nSPS) is 12.1. The van der Waals surface area contributed by atoms with Crippen molar-refractivity contribution in [2.75, 3.05) is 19.0 Å². The van der Waals surface area contributed by atoms with Crippen LogP contribution in [0.1, 0.15) is 0 Å². The first-order valence-corrected chi connectivity index (χ1v) is 6.94. The van der Waals surface area contributed by atoms with Crippen molar-refractivity contribution < 1.29 is 8.42 Å². The number of aliphatic imine (C=N–C) groups is 2. The van der Waals surface area contributed by atoms with E-state index in [1.54, 1.807) is 25.1 Å². The molecule has 0 saturated heterocycles. The van der Waals surface area contributed by atoms with Crippen LogP contribution in [0, 0.1) is 0 Å². The first kappa shape index (κ1) is 15.7. The minimum atomic E-state index is -3.84. The minimum absolute atomic E-state index is 0.0839. The third-order valence-corrected chi connectivity index (χ3v) is 3.15. The van der Waals surface area contributed by atoms with E-state index in [1.165, 1.54) is 12.1 Å². The summed E-state index contributed by atoms with van der Waals surface area (Å²) >= 11 is 0. The molecule has 0 spiro atoms. The SMILES string of the molecule is CN(C)c1ccc(S(N)(=O)=O)cc1N=C(N)N=C(N)N. The number of nitrogens with two attached hydrogens (primary N) is 4. The van der Waals surface area contributed by atoms with Crippen molar-refractivity contribution in [2.45, 2.75) is 4.90 Å². The molecular formula is C10H17N7O2S. The molecule has 1 aromatic carbocycles. The molecular weight excluding hydrogens is 282 g/mol. The highest BCUT2D eigenvalue weighted by atomic mass is 32.2. The lowest BCUT2D eigenvalue weighted by Crippen LogP contribution is -2.26. The van der Waals surface area contributed by atoms with E-state index in [2.05, 4.69) is 9.98 Å². The third-order valence-electron chi connectivity index (χ3n) is 2.24. The molecule has 10 heteroatoms. The molecule has 0 heterocycles. The number of anilines is 1. The predicted octanol–water partition coefficient (Wildman–Crippen LogP) is -1.38. The van der Waals surface area contributed by atoms with E-state index in [4.69, 9.17) is 22.3 Å². The Bertz CT molecular complexity index is 660. The van der Waals surface area contributed by atoms with Gasteiger partial charge in [-0.3, -0.25) is 0 Å². The molecule has 20 heavy (non-hydrogen) atoms. The van der Waals surface area contributed by atoms with Crippen molar-refractivity contribution in [3.8, 4) is 0 Å². The number of sulfonamides is 1. The van der Waals surface area contributed by atoms with Gasteiger partial charge in [0.25, 0.3) is 0 Å². The lowest BCUT2D eigenvalue weighted by atomic mass is 10.2. The van der Waals surface area contributed by atoms with Gasteiger partial charge in [-0.25, -0.2) is 18.5 Å². The van der Waals surface area contributed by atoms with Crippen molar-refractivity contribution in [3.63, 3.8) is 0 Å². The number of primary sulfonamides is 1. The molecule has 0 aliphatic heterocycles. The summed E-state index contributed by atoms with van der Waals surface area (Å²) in [6.07, 6.45) is 0. The maximum atomic E-state index is 11.3. The summed E-state index contributed by atoms with van der Waals surface area (Å²) in [6, 6.07) is 4.22. The van der Waals surface area contributed by atoms with Crippen LogP contribution in [-0.4, -0.2) is 34.4 Å². The van der Waals surface area contributed by atoms with Crippen LogP contribution in [0.3, 0.4) is 0 Å². The van der Waals surface area contributed by atoms with Gasteiger partial charge in [-0.05, 0) is 18.2 Å². The lowest BCUT2D eigenvalue weighted by Gasteiger charge is -2.15. The zero-order chi connectivity index (χ0) is 15.5. The first-order valence-electron chi connectivity index (χ1n) is 5.39. The molecule has 9 nitrogen and oxygen atoms in total. The molecule has 0 aromatic heterocycles. The van der Waals surface area contributed by atoms with Crippen LogP contribution in [0.25, 0.3) is 0 Å². The fourth-order valence-corrected chi connectivity index (χ4v) is 1.96. The van der Waals surface area contributed by atoms with Gasteiger partial charge in [-0.15, -0.1) is 0 Å². The Balaban J connectivity index is 3.45. The van der Waals surface area contributed by atoms with Gasteiger partial charge in [0.15, 0.2) is 5.96 Å². The fourth-order valence-electron chi connectivity index (χ4n) is 1.43. The molecule has 110 valence electrons. The third kappa shape index (κ3) is 4.10. The van der Waals surface area contributed by atoms with Gasteiger partial charge in [0.05, 0.1) is 16.3 Å². The summed E-state index contributed by atoms with van der Waals surface area (Å²) in [5.41, 5.74) is 16.8. The van der Waals surface area contributed by atoms with Crippen LogP contribution in [0.5, 0.6) is 0 Å². The van der Waals surface area contributed by atoms with Crippen LogP contribution in [-0.2, 0) is 10.0 Å². The van der Waals surface area contributed by atoms with Gasteiger partial charge in [0.1, 0.15) is 0 Å². The smallest absolute Gasteiger partial charge is 0.238 e. The van der Waals surface area contributed by atoms with E-state index >= 15 is 0 Å². The predicted molar refractivity (Wildman–Crippen MR) is 79.2 cm³/mol. The van der Waals surface area contributed by atoms with E-state index in [0.29, 0.717) is 5.69 Å². The highest BCUT2D eigenvalue weighted by Gasteiger charge is 2.12. The molecule has 8 N–H and O–H groups in total. The summed E-state index contributed by atoms with van der Waals surface area (Å²) in [4.78, 5) is 9.19. The average Bonchev–Trinajstić information content (AvgIpc) is 2.25. The maximum Gasteiger partial charge on any atom is 0.238 e. The van der Waals surface area contributed by atoms with Crippen LogP contribution in [0.15, 0.2) is 33.1 Å². The Hall–Kier alpha value is -2.33. The summed E-state index contributed by atoms with van der Waals surface area (Å²) in [5, 5.41) is 5.07. The number of hydrogen-bond donors (Lipinski definition) is 4. The molecule has 0 amide bonds. The standard InChI is InChI=1S/C10H17N7O2S/c1-17(2)8-4-3-6(20(14,18)19)5-7(8)15-10(13)16-9(11)12/h3-5H,1-2H3,(H2,14,18,19)(H6,11,12,13,15,16). The summed E-state index contributed by atoms with van der Waals surface area (Å²) < 4.78 is 22.7. The second-order valence-corrected chi connectivity index (χ2v) is 5.66. The second-order valence-electron chi connectivity index (χ2n) is 4.10. The summed E-state index contributed by atoms with van der Waals surface area (Å²) in [6.45, 7) is 0. The molecule has 1 aromatic rings. The summed E-state index contributed by atoms with van der Waals surface area (Å²) in [5.74, 6) is -0.445. The van der Waals surface area contributed by atoms with E-state index in [0.717, 1.165) is 0 Å². The molecule has 0 aliphatic rings. The number of hydrogen-bond acceptors (Lipinski definition) is 4. The van der Waals surface area contributed by atoms with Gasteiger partial charge in [0.2, 0.25) is 16.0 Å². The zero-order valence-corrected chi connectivity index (χ0v) is 11.9. The van der Waals surface area contributed by atoms with Gasteiger partial charge in [0, 0.05) is 14.1 Å². The molecule has 0 fully saturated rings. The number of nitrogens with zero attached hydrogens (tertiary/aromatic N) is 3. The largest absolute Gasteiger partial charge is 0.376 e. The number of benzene rings is 1. The minimum Gasteiger partial charge on any atom is -0.376 e. The first-order chi connectivity index (χ1) is 9.11. The van der Waals surface area contributed by atoms with Crippen LogP contribution in [0.4, 0.5) is 11.4 Å². The lowest BCUT2D eigenvalue weighted by molar-refractivity contribution is 0.598. The fraction of sp³-hybridized carbons (Fsp3) is 0.200. The Morgan fingerprint density at radius 2 is 1.80 bits per heavy atom. The average molecular weight is 299 g/mol. The molecule has 0 unspecified atom stereocenters. The van der Waals surface area contributed by atoms with Crippen molar-refractivity contribution >= 4 is 33.3 Å². The van der Waals surface area contributed by atoms with E-state index in [1.807, 2.05) is 0 Å². The molecule has 0 saturated carbocycles. The number of rotatable bonds is 3. The van der Waals surface area contributed by atoms with Crippen LogP contribution >= 0.6 is 0 Å². The van der Waals surface area contributed by atoms with Crippen LogP contribution in [0.2, 0.25) is 0 Å². The Morgan fingerprint density at radius 1 is 1.20 bits per heavy atom. The second kappa shape index (κ2) is 5.75. The maximum absolute atomic E-state index is 11.3. The topological polar surface area (TPSA) is 166 Å². The number of guanidine groups is 2. The van der Waals surface area contributed by atoms with Crippen molar-refractivity contribution in [3.05, 3.63) is 18.2 Å². The highest BCUT2D eigenvalue weighted by molar-refractivity contribution is 7.89. The summed E-state index contributed by atoms with van der Waals surface area (Å²) in [7, 11) is -0.309. The Kier molecular flexibility index (Phi) is 4.53. The highest BCUT2D eigenvalue weighted by Crippen LogP contribution is 2.29. The molecule has 1 rings (SSSR count). The zero-order valence-electron chi connectivity index (χ0n) is 11.1. The molecule has 0 bridgehead atoms. The molecule has 0 atom stereocenters. The van der Waals surface area contributed by atoms with E-state index < -0.39 is 10.0 Å². The van der Waals surface area contributed by atoms with Crippen LogP contribution < -0.4 is 27.2 Å². The van der Waals surface area contributed by atoms with Crippen molar-refractivity contribution in [2.24, 2.45) is 32.3 Å². The monoisotopic (exact) mass is 299 g/mol. The van der Waals surface area contributed by atoms with Gasteiger partial charge in [-0.1, -0.05) is 0 Å². The van der Waals surface area contributed by atoms with E-state index in [9.17, 15) is 8.42 Å². The van der Waals surface area contributed by atoms with Gasteiger partial charge in [-0.2, -0.15) is 4.99 Å². The molecule has 0 radical (unpaired) electrons. The van der Waals surface area contributed by atoms with E-state index in [-0.39, 0.29) is 22.5 Å². The van der Waals surface area contributed by atoms with Gasteiger partial charge >= 0.3 is 0 Å². The Morgan fingerprint density at radius 3 is 2.25 bits per heavy atom. The molecule has 0 aliphatic carbocycles. The van der Waals surface area contributed by atoms with Gasteiger partial charge < -0.3 is 22.1 Å². The Labute approximate surface area is 117 Å². The van der Waals surface area contributed by atoms with Crippen molar-refractivity contribution in [1.82, 2.24) is 0 Å². The quantitative estimate of drug-likeness (QED) is 0.396.